The van der Waals surface area contributed by atoms with E-state index in [0.29, 0.717) is 23.9 Å². The Hall–Kier alpha value is -2.79. The summed E-state index contributed by atoms with van der Waals surface area (Å²) in [5, 5.41) is 3.17. The van der Waals surface area contributed by atoms with Crippen LogP contribution in [0.3, 0.4) is 0 Å². The summed E-state index contributed by atoms with van der Waals surface area (Å²) in [6.07, 6.45) is 3.10. The summed E-state index contributed by atoms with van der Waals surface area (Å²) in [6.45, 7) is 0.678. The highest BCUT2D eigenvalue weighted by Gasteiger charge is 2.09. The molecule has 0 saturated carbocycles. The highest BCUT2D eigenvalue weighted by Crippen LogP contribution is 2.16. The van der Waals surface area contributed by atoms with Crippen LogP contribution in [0.25, 0.3) is 6.08 Å². The fourth-order valence-electron chi connectivity index (χ4n) is 2.07. The van der Waals surface area contributed by atoms with E-state index in [1.54, 1.807) is 37.4 Å². The Labute approximate surface area is 158 Å². The van der Waals surface area contributed by atoms with Crippen molar-refractivity contribution in [1.82, 2.24) is 10.2 Å². The van der Waals surface area contributed by atoms with E-state index < -0.39 is 0 Å². The minimum absolute atomic E-state index is 0.0639. The zero-order chi connectivity index (χ0) is 18.8. The molecule has 5 nitrogen and oxygen atoms in total. The van der Waals surface area contributed by atoms with Crippen molar-refractivity contribution >= 4 is 29.5 Å². The zero-order valence-electron chi connectivity index (χ0n) is 14.5. The molecule has 136 valence electrons. The Kier molecular flexibility index (Phi) is 7.71. The van der Waals surface area contributed by atoms with Gasteiger partial charge in [0.25, 0.3) is 0 Å². The van der Waals surface area contributed by atoms with Gasteiger partial charge in [-0.05, 0) is 29.8 Å². The van der Waals surface area contributed by atoms with E-state index in [2.05, 4.69) is 5.32 Å². The summed E-state index contributed by atoms with van der Waals surface area (Å²) in [7, 11) is 1.66. The van der Waals surface area contributed by atoms with E-state index in [-0.39, 0.29) is 18.4 Å². The van der Waals surface area contributed by atoms with Crippen molar-refractivity contribution < 1.29 is 14.3 Å². The van der Waals surface area contributed by atoms with E-state index >= 15 is 0 Å². The highest BCUT2D eigenvalue weighted by atomic mass is 35.5. The van der Waals surface area contributed by atoms with Gasteiger partial charge in [-0.3, -0.25) is 9.59 Å². The lowest BCUT2D eigenvalue weighted by atomic mass is 10.2. The average Bonchev–Trinajstić information content (AvgIpc) is 2.65. The molecule has 0 unspecified atom stereocenters. The predicted molar refractivity (Wildman–Crippen MR) is 103 cm³/mol. The van der Waals surface area contributed by atoms with Crippen LogP contribution in [0.4, 0.5) is 0 Å². The molecule has 2 amide bonds. The topological polar surface area (TPSA) is 58.6 Å². The number of benzene rings is 2. The van der Waals surface area contributed by atoms with Crippen molar-refractivity contribution in [2.75, 3.05) is 26.7 Å². The summed E-state index contributed by atoms with van der Waals surface area (Å²) in [5.41, 5.74) is 0.921. The summed E-state index contributed by atoms with van der Waals surface area (Å²) < 4.78 is 5.54. The number of nitrogens with zero attached hydrogens (tertiary/aromatic N) is 1. The van der Waals surface area contributed by atoms with Crippen LogP contribution in [0.1, 0.15) is 5.56 Å². The second-order valence-electron chi connectivity index (χ2n) is 5.58. The van der Waals surface area contributed by atoms with Crippen molar-refractivity contribution in [3.8, 4) is 5.75 Å². The van der Waals surface area contributed by atoms with Gasteiger partial charge in [0, 0.05) is 18.1 Å². The third-order valence-electron chi connectivity index (χ3n) is 3.56. The summed E-state index contributed by atoms with van der Waals surface area (Å²) in [5.74, 6) is 0.143. The fourth-order valence-corrected chi connectivity index (χ4v) is 2.25. The van der Waals surface area contributed by atoms with Crippen molar-refractivity contribution in [2.45, 2.75) is 0 Å². The largest absolute Gasteiger partial charge is 0.492 e. The van der Waals surface area contributed by atoms with Gasteiger partial charge in [-0.15, -0.1) is 0 Å². The molecule has 2 aromatic rings. The third kappa shape index (κ3) is 6.99. The number of rotatable bonds is 8. The fraction of sp³-hybridized carbons (Fsp3) is 0.200. The number of amides is 2. The molecule has 0 atom stereocenters. The molecule has 0 aromatic heterocycles. The predicted octanol–water partition coefficient (Wildman–Crippen LogP) is 3.01. The minimum atomic E-state index is -0.314. The highest BCUT2D eigenvalue weighted by molar-refractivity contribution is 6.30. The second kappa shape index (κ2) is 10.3. The van der Waals surface area contributed by atoms with E-state index in [0.717, 1.165) is 5.56 Å². The van der Waals surface area contributed by atoms with Crippen LogP contribution in [0.5, 0.6) is 5.75 Å². The molecule has 0 bridgehead atoms. The number of likely N-dealkylation sites (N-methyl/N-ethyl adjacent to an activating group) is 1. The molecule has 0 saturated heterocycles. The molecule has 1 N–H and O–H groups in total. The first-order valence-electron chi connectivity index (χ1n) is 8.18. The van der Waals surface area contributed by atoms with Gasteiger partial charge in [0.1, 0.15) is 12.4 Å². The third-order valence-corrected chi connectivity index (χ3v) is 3.79. The number of ether oxygens (including phenoxy) is 1. The number of halogens is 1. The molecule has 0 aliphatic carbocycles. The first kappa shape index (κ1) is 19.5. The van der Waals surface area contributed by atoms with Crippen molar-refractivity contribution in [2.24, 2.45) is 0 Å². The van der Waals surface area contributed by atoms with Gasteiger partial charge in [0.05, 0.1) is 13.1 Å². The summed E-state index contributed by atoms with van der Waals surface area (Å²) in [4.78, 5) is 25.3. The van der Waals surface area contributed by atoms with Crippen LogP contribution >= 0.6 is 11.6 Å². The summed E-state index contributed by atoms with van der Waals surface area (Å²) in [6, 6.07) is 16.5. The van der Waals surface area contributed by atoms with E-state index in [1.807, 2.05) is 30.3 Å². The number of carbonyl (C=O) groups excluding carboxylic acids is 2. The van der Waals surface area contributed by atoms with Gasteiger partial charge in [-0.25, -0.2) is 0 Å². The standard InChI is InChI=1S/C20H21ClN2O3/c1-23(12-13-26-18-9-5-8-17(21)14-18)20(25)15-22-19(24)11-10-16-6-3-2-4-7-16/h2-11,14H,12-13,15H2,1H3,(H,22,24)/b11-10+. The Morgan fingerprint density at radius 3 is 2.65 bits per heavy atom. The Balaban J connectivity index is 1.68. The van der Waals surface area contributed by atoms with E-state index in [1.165, 1.54) is 11.0 Å². The van der Waals surface area contributed by atoms with Crippen molar-refractivity contribution in [3.05, 3.63) is 71.3 Å². The molecule has 6 heteroatoms. The monoisotopic (exact) mass is 372 g/mol. The van der Waals surface area contributed by atoms with Crippen molar-refractivity contribution in [1.29, 1.82) is 0 Å². The minimum Gasteiger partial charge on any atom is -0.492 e. The van der Waals surface area contributed by atoms with Crippen LogP contribution in [-0.2, 0) is 9.59 Å². The smallest absolute Gasteiger partial charge is 0.244 e. The molecule has 0 radical (unpaired) electrons. The van der Waals surface area contributed by atoms with Crippen LogP contribution in [0.2, 0.25) is 5.02 Å². The van der Waals surface area contributed by atoms with Gasteiger partial charge in [-0.2, -0.15) is 0 Å². The van der Waals surface area contributed by atoms with Crippen LogP contribution in [-0.4, -0.2) is 43.5 Å². The lowest BCUT2D eigenvalue weighted by molar-refractivity contribution is -0.131. The maximum atomic E-state index is 12.0. The van der Waals surface area contributed by atoms with E-state index in [9.17, 15) is 9.59 Å². The van der Waals surface area contributed by atoms with Crippen LogP contribution in [0.15, 0.2) is 60.7 Å². The normalized spacial score (nSPS) is 10.5. The second-order valence-corrected chi connectivity index (χ2v) is 6.02. The van der Waals surface area contributed by atoms with E-state index in [4.69, 9.17) is 16.3 Å². The molecule has 0 aliphatic heterocycles. The maximum Gasteiger partial charge on any atom is 0.244 e. The maximum absolute atomic E-state index is 12.0. The Morgan fingerprint density at radius 1 is 1.15 bits per heavy atom. The SMILES string of the molecule is CN(CCOc1cccc(Cl)c1)C(=O)CNC(=O)/C=C/c1ccccc1. The first-order chi connectivity index (χ1) is 12.5. The van der Waals surface area contributed by atoms with Crippen LogP contribution < -0.4 is 10.1 Å². The molecular weight excluding hydrogens is 352 g/mol. The number of carbonyl (C=O) groups is 2. The molecule has 0 aliphatic rings. The van der Waals surface area contributed by atoms with Crippen LogP contribution in [0, 0.1) is 0 Å². The molecule has 0 spiro atoms. The lowest BCUT2D eigenvalue weighted by Crippen LogP contribution is -2.39. The summed E-state index contributed by atoms with van der Waals surface area (Å²) >= 11 is 5.88. The lowest BCUT2D eigenvalue weighted by Gasteiger charge is -2.17. The molecule has 0 heterocycles. The van der Waals surface area contributed by atoms with Gasteiger partial charge >= 0.3 is 0 Å². The molecule has 0 fully saturated rings. The van der Waals surface area contributed by atoms with Crippen molar-refractivity contribution in [3.63, 3.8) is 0 Å². The van der Waals surface area contributed by atoms with Gasteiger partial charge in [0.15, 0.2) is 0 Å². The zero-order valence-corrected chi connectivity index (χ0v) is 15.3. The molecule has 2 aromatic carbocycles. The Morgan fingerprint density at radius 2 is 1.92 bits per heavy atom. The number of nitrogens with one attached hydrogen (secondary N) is 1. The van der Waals surface area contributed by atoms with Gasteiger partial charge < -0.3 is 15.0 Å². The number of hydrogen-bond donors (Lipinski definition) is 1. The van der Waals surface area contributed by atoms with Gasteiger partial charge in [-0.1, -0.05) is 48.0 Å². The molecule has 26 heavy (non-hydrogen) atoms. The molecule has 2 rings (SSSR count). The molecular formula is C20H21ClN2O3. The average molecular weight is 373 g/mol. The first-order valence-corrected chi connectivity index (χ1v) is 8.55. The Bertz CT molecular complexity index is 763. The quantitative estimate of drug-likeness (QED) is 0.725. The van der Waals surface area contributed by atoms with Gasteiger partial charge in [0.2, 0.25) is 11.8 Å². The number of hydrogen-bond acceptors (Lipinski definition) is 3.